The lowest BCUT2D eigenvalue weighted by atomic mass is 10.1. The number of rotatable bonds is 3. The lowest BCUT2D eigenvalue weighted by Gasteiger charge is -2.10. The van der Waals surface area contributed by atoms with Crippen LogP contribution >= 0.6 is 23.2 Å². The van der Waals surface area contributed by atoms with Crippen molar-refractivity contribution in [2.45, 2.75) is 13.1 Å². The number of carboxylic acids is 1. The monoisotopic (exact) mass is 510 g/mol. The Balaban J connectivity index is 1.95. The maximum absolute atomic E-state index is 13.8. The molecule has 4 rings (SSSR count). The molecule has 1 aliphatic heterocycles. The van der Waals surface area contributed by atoms with Crippen molar-refractivity contribution in [1.29, 1.82) is 0 Å². The molecule has 174 valence electrons. The molecule has 0 radical (unpaired) electrons. The van der Waals surface area contributed by atoms with Crippen LogP contribution in [0.15, 0.2) is 51.3 Å². The highest BCUT2D eigenvalue weighted by molar-refractivity contribution is 6.51. The van der Waals surface area contributed by atoms with Crippen molar-refractivity contribution < 1.29 is 28.2 Å². The van der Waals surface area contributed by atoms with Gasteiger partial charge < -0.3 is 10.2 Å². The minimum atomic E-state index is -4.99. The summed E-state index contributed by atoms with van der Waals surface area (Å²) in [5.41, 5.74) is -2.92. The molecule has 34 heavy (non-hydrogen) atoms. The molecule has 8 nitrogen and oxygen atoms in total. The number of carbonyl (C=O) groups is 1. The summed E-state index contributed by atoms with van der Waals surface area (Å²) in [6.07, 6.45) is -4.99. The van der Waals surface area contributed by atoms with E-state index in [0.29, 0.717) is 10.2 Å². The van der Waals surface area contributed by atoms with E-state index < -0.39 is 40.7 Å². The van der Waals surface area contributed by atoms with E-state index in [1.54, 1.807) is 0 Å². The maximum atomic E-state index is 13.8. The van der Waals surface area contributed by atoms with Crippen molar-refractivity contribution >= 4 is 46.3 Å². The van der Waals surface area contributed by atoms with Gasteiger partial charge in [-0.15, -0.1) is 0 Å². The number of nitrogens with zero attached hydrogens (tertiary/aromatic N) is 4. The van der Waals surface area contributed by atoms with Crippen molar-refractivity contribution in [1.82, 2.24) is 9.66 Å². The van der Waals surface area contributed by atoms with Crippen LogP contribution in [0.1, 0.15) is 21.7 Å². The van der Waals surface area contributed by atoms with Gasteiger partial charge in [-0.3, -0.25) is 4.79 Å². The van der Waals surface area contributed by atoms with Crippen molar-refractivity contribution in [3.63, 3.8) is 0 Å². The van der Waals surface area contributed by atoms with Gasteiger partial charge in [0.1, 0.15) is 5.71 Å². The minimum absolute atomic E-state index is 0.00549. The number of aromatic hydroxyl groups is 1. The Hall–Kier alpha value is -3.70. The van der Waals surface area contributed by atoms with Crippen LogP contribution in [0.5, 0.6) is 5.75 Å². The van der Waals surface area contributed by atoms with Crippen molar-refractivity contribution in [2.24, 2.45) is 10.1 Å². The number of phenols is 1. The Kier molecular flexibility index (Phi) is 5.70. The molecule has 3 aromatic rings. The van der Waals surface area contributed by atoms with Gasteiger partial charge in [0.05, 0.1) is 27.0 Å². The summed E-state index contributed by atoms with van der Waals surface area (Å²) in [7, 11) is 0. The Morgan fingerprint density at radius 3 is 2.24 bits per heavy atom. The summed E-state index contributed by atoms with van der Waals surface area (Å²) >= 11 is 11.7. The van der Waals surface area contributed by atoms with Crippen LogP contribution in [0.3, 0.4) is 0 Å². The first-order chi connectivity index (χ1) is 15.9. The number of aromatic carboxylic acids is 1. The molecule has 0 spiro atoms. The number of hydrogen-bond acceptors (Lipinski definition) is 6. The average Bonchev–Trinajstić information content (AvgIpc) is 3.13. The second-order valence-corrected chi connectivity index (χ2v) is 7.89. The molecule has 0 bridgehead atoms. The van der Waals surface area contributed by atoms with Gasteiger partial charge in [-0.25, -0.2) is 14.8 Å². The van der Waals surface area contributed by atoms with Gasteiger partial charge in [0.2, 0.25) is 0 Å². The van der Waals surface area contributed by atoms with Crippen LogP contribution in [0.25, 0.3) is 11.3 Å². The van der Waals surface area contributed by atoms with Gasteiger partial charge in [-0.05, 0) is 31.2 Å². The molecular formula is C21H11Cl2F3N4O4. The largest absolute Gasteiger partial charge is 0.505 e. The fourth-order valence-corrected chi connectivity index (χ4v) is 3.66. The third kappa shape index (κ3) is 4.03. The molecule has 2 N–H and O–H groups in total. The van der Waals surface area contributed by atoms with Crippen LogP contribution in [0, 0.1) is 6.92 Å². The summed E-state index contributed by atoms with van der Waals surface area (Å²) < 4.78 is 41.8. The predicted molar refractivity (Wildman–Crippen MR) is 119 cm³/mol. The molecule has 0 aliphatic carbocycles. The lowest BCUT2D eigenvalue weighted by Crippen LogP contribution is -2.30. The summed E-state index contributed by atoms with van der Waals surface area (Å²) in [6, 6.07) is 7.49. The van der Waals surface area contributed by atoms with Gasteiger partial charge in [-0.2, -0.15) is 22.9 Å². The quantitative estimate of drug-likeness (QED) is 0.523. The molecule has 1 aromatic heterocycles. The molecule has 0 saturated heterocycles. The molecule has 2 heterocycles. The number of benzene rings is 2. The summed E-state index contributed by atoms with van der Waals surface area (Å²) in [5.74, 6) is -2.13. The Labute approximate surface area is 198 Å². The van der Waals surface area contributed by atoms with Crippen LogP contribution in [0.4, 0.5) is 18.9 Å². The number of hydrogen-bond donors (Lipinski definition) is 2. The highest BCUT2D eigenvalue weighted by atomic mass is 35.5. The maximum Gasteiger partial charge on any atom is 0.437 e. The number of aromatic nitrogens is 2. The topological polar surface area (TPSA) is 117 Å². The first-order valence-electron chi connectivity index (χ1n) is 9.29. The summed E-state index contributed by atoms with van der Waals surface area (Å²) in [4.78, 5) is 32.1. The molecule has 13 heteroatoms. The predicted octanol–water partition coefficient (Wildman–Crippen LogP) is 4.83. The number of fused-ring (bicyclic) bond motifs is 1. The molecule has 0 amide bonds. The fourth-order valence-electron chi connectivity index (χ4n) is 3.18. The zero-order chi connectivity index (χ0) is 24.9. The standard InChI is InChI=1S/C21H11Cl2F3N4O4/c1-8-14(9-2-4-10(5-3-9)20(33)34)28-18-15(17(21(24,25)26)29-30(18)19(8)32)27-11-6-12(22)16(31)13(23)7-11/h2-7,31H,1H3,(H,33,34). The van der Waals surface area contributed by atoms with E-state index >= 15 is 0 Å². The molecule has 2 aromatic carbocycles. The Bertz CT molecular complexity index is 1460. The normalized spacial score (nSPS) is 14.3. The van der Waals surface area contributed by atoms with E-state index in [9.17, 15) is 27.9 Å². The van der Waals surface area contributed by atoms with Crippen molar-refractivity contribution in [3.8, 4) is 17.0 Å². The number of alkyl halides is 3. The van der Waals surface area contributed by atoms with Gasteiger partial charge in [0.15, 0.2) is 17.3 Å². The van der Waals surface area contributed by atoms with E-state index in [0.717, 1.165) is 12.1 Å². The Morgan fingerprint density at radius 1 is 1.12 bits per heavy atom. The summed E-state index contributed by atoms with van der Waals surface area (Å²) in [6.45, 7) is 1.36. The van der Waals surface area contributed by atoms with E-state index in [-0.39, 0.29) is 32.6 Å². The Morgan fingerprint density at radius 2 is 1.71 bits per heavy atom. The van der Waals surface area contributed by atoms with E-state index in [1.165, 1.54) is 31.2 Å². The zero-order valence-electron chi connectivity index (χ0n) is 16.9. The smallest absolute Gasteiger partial charge is 0.437 e. The SMILES string of the molecule is Cc1c(-c2ccc(C(=O)O)cc2)nc2n(c1=O)N=C(C(F)(F)F)C2=Nc1cc(Cl)c(O)c(Cl)c1. The number of aliphatic imine (C=N–C) groups is 1. The van der Waals surface area contributed by atoms with Gasteiger partial charge >= 0.3 is 12.1 Å². The van der Waals surface area contributed by atoms with Crippen LogP contribution in [0.2, 0.25) is 10.0 Å². The molecule has 0 saturated carbocycles. The molecule has 0 atom stereocenters. The van der Waals surface area contributed by atoms with E-state index in [2.05, 4.69) is 15.1 Å². The second kappa shape index (κ2) is 8.26. The van der Waals surface area contributed by atoms with Crippen molar-refractivity contribution in [3.05, 3.63) is 73.7 Å². The van der Waals surface area contributed by atoms with Crippen LogP contribution < -0.4 is 5.56 Å². The third-order valence-electron chi connectivity index (χ3n) is 4.84. The van der Waals surface area contributed by atoms with Gasteiger partial charge in [-0.1, -0.05) is 35.3 Å². The zero-order valence-corrected chi connectivity index (χ0v) is 18.4. The lowest BCUT2D eigenvalue weighted by molar-refractivity contribution is -0.0567. The van der Waals surface area contributed by atoms with Crippen LogP contribution in [-0.4, -0.2) is 43.4 Å². The highest BCUT2D eigenvalue weighted by Gasteiger charge is 2.45. The number of halogens is 5. The molecule has 0 unspecified atom stereocenters. The average molecular weight is 511 g/mol. The molecule has 1 aliphatic rings. The minimum Gasteiger partial charge on any atom is -0.505 e. The van der Waals surface area contributed by atoms with Gasteiger partial charge in [0, 0.05) is 11.1 Å². The van der Waals surface area contributed by atoms with Crippen LogP contribution in [-0.2, 0) is 0 Å². The first-order valence-corrected chi connectivity index (χ1v) is 10.0. The number of carboxylic acid groups (broad SMARTS) is 1. The summed E-state index contributed by atoms with van der Waals surface area (Å²) in [5, 5.41) is 21.7. The van der Waals surface area contributed by atoms with E-state index in [4.69, 9.17) is 28.3 Å². The highest BCUT2D eigenvalue weighted by Crippen LogP contribution is 2.37. The molecule has 0 fully saturated rings. The second-order valence-electron chi connectivity index (χ2n) is 7.07. The first kappa shape index (κ1) is 23.5. The van der Waals surface area contributed by atoms with E-state index in [1.807, 2.05) is 0 Å². The molecular weight excluding hydrogens is 500 g/mol. The number of phenolic OH excluding ortho intramolecular Hbond substituents is 1. The van der Waals surface area contributed by atoms with Crippen molar-refractivity contribution in [2.75, 3.05) is 0 Å². The fraction of sp³-hybridized carbons (Fsp3) is 0.0952. The van der Waals surface area contributed by atoms with Gasteiger partial charge in [0.25, 0.3) is 5.56 Å². The third-order valence-corrected chi connectivity index (χ3v) is 5.42.